The summed E-state index contributed by atoms with van der Waals surface area (Å²) in [7, 11) is -0.455. The zero-order chi connectivity index (χ0) is 27.4. The summed E-state index contributed by atoms with van der Waals surface area (Å²) >= 11 is 12.6. The van der Waals surface area contributed by atoms with E-state index in [1.165, 1.54) is 6.26 Å². The predicted octanol–water partition coefficient (Wildman–Crippen LogP) is 4.90. The Morgan fingerprint density at radius 3 is 2.38 bits per heavy atom. The topological polar surface area (TPSA) is 57.7 Å². The van der Waals surface area contributed by atoms with Crippen LogP contribution in [0.1, 0.15) is 44.2 Å². The first-order chi connectivity index (χ1) is 17.4. The van der Waals surface area contributed by atoms with E-state index in [0.717, 1.165) is 48.9 Å². The van der Waals surface area contributed by atoms with Crippen molar-refractivity contribution in [3.05, 3.63) is 63.6 Å². The zero-order valence-corrected chi connectivity index (χ0v) is 25.7. The van der Waals surface area contributed by atoms with Crippen molar-refractivity contribution in [3.63, 3.8) is 0 Å². The van der Waals surface area contributed by atoms with Crippen molar-refractivity contribution < 1.29 is 13.2 Å². The molecule has 0 amide bonds. The Hall–Kier alpha value is -0.945. The Morgan fingerprint density at radius 2 is 1.81 bits per heavy atom. The summed E-state index contributed by atoms with van der Waals surface area (Å²) in [6, 6.07) is 13.7. The van der Waals surface area contributed by atoms with Gasteiger partial charge in [0.1, 0.15) is 5.68 Å². The molecule has 1 heterocycles. The van der Waals surface area contributed by atoms with Crippen LogP contribution in [-0.2, 0) is 26.6 Å². The molecule has 0 N–H and O–H groups in total. The summed E-state index contributed by atoms with van der Waals surface area (Å²) < 4.78 is 25.9. The number of nitrogens with zero attached hydrogens (tertiary/aromatic N) is 2. The van der Waals surface area contributed by atoms with Gasteiger partial charge in [0.25, 0.3) is 0 Å². The lowest BCUT2D eigenvalue weighted by Crippen LogP contribution is -2.49. The Bertz CT molecular complexity index is 1210. The zero-order valence-electron chi connectivity index (χ0n) is 22.2. The first-order valence-electron chi connectivity index (χ1n) is 12.9. The van der Waals surface area contributed by atoms with Gasteiger partial charge in [-0.2, -0.15) is 4.31 Å². The number of likely N-dealkylation sites (tertiary alicyclic amines) is 1. The van der Waals surface area contributed by atoms with E-state index >= 15 is 0 Å². The highest BCUT2D eigenvalue weighted by atomic mass is 35.5. The van der Waals surface area contributed by atoms with E-state index < -0.39 is 15.4 Å². The molecule has 1 aliphatic heterocycles. The van der Waals surface area contributed by atoms with Gasteiger partial charge in [-0.25, -0.2) is 8.42 Å². The Balaban J connectivity index is 1.77. The number of carbonyl (C=O) groups excluding carboxylic acids is 1. The average Bonchev–Trinajstić information content (AvgIpc) is 2.85. The van der Waals surface area contributed by atoms with E-state index in [9.17, 15) is 13.2 Å². The maximum absolute atomic E-state index is 14.1. The molecule has 0 spiro atoms. The van der Waals surface area contributed by atoms with Crippen LogP contribution < -0.4 is 5.30 Å². The van der Waals surface area contributed by atoms with E-state index in [1.807, 2.05) is 51.0 Å². The summed E-state index contributed by atoms with van der Waals surface area (Å²) in [6.45, 7) is 8.57. The highest BCUT2D eigenvalue weighted by molar-refractivity contribution is 7.88. The summed E-state index contributed by atoms with van der Waals surface area (Å²) in [5, 5.41) is 2.03. The van der Waals surface area contributed by atoms with Crippen LogP contribution in [0.4, 0.5) is 0 Å². The third-order valence-electron chi connectivity index (χ3n) is 7.76. The Kier molecular flexibility index (Phi) is 10.7. The molecule has 0 bridgehead atoms. The van der Waals surface area contributed by atoms with Crippen LogP contribution in [0.2, 0.25) is 16.9 Å². The second kappa shape index (κ2) is 12.9. The minimum absolute atomic E-state index is 0.0336. The number of hydrogen-bond donors (Lipinski definition) is 0. The van der Waals surface area contributed by atoms with Gasteiger partial charge >= 0.3 is 0 Å². The van der Waals surface area contributed by atoms with Crippen molar-refractivity contribution >= 4 is 60.2 Å². The molecule has 5 nitrogen and oxygen atoms in total. The van der Waals surface area contributed by atoms with Crippen molar-refractivity contribution in [1.29, 1.82) is 0 Å². The third kappa shape index (κ3) is 7.59. The predicted molar refractivity (Wildman–Crippen MR) is 161 cm³/mol. The number of rotatable bonds is 11. The van der Waals surface area contributed by atoms with Crippen LogP contribution in [0.3, 0.4) is 0 Å². The maximum atomic E-state index is 14.1. The molecule has 1 fully saturated rings. The molecule has 2 atom stereocenters. The van der Waals surface area contributed by atoms with Gasteiger partial charge in [0.15, 0.2) is 0 Å². The normalized spacial score (nSPS) is 17.1. The van der Waals surface area contributed by atoms with Crippen LogP contribution in [0.5, 0.6) is 0 Å². The lowest BCUT2D eigenvalue weighted by atomic mass is 9.39. The highest BCUT2D eigenvalue weighted by Gasteiger charge is 2.40. The molecular weight excluding hydrogens is 545 g/mol. The van der Waals surface area contributed by atoms with Gasteiger partial charge in [-0.3, -0.25) is 0 Å². The SMILES string of the molecule is CCN(C1CCN(CCC(C)(C(=O)B(C)Cc2ccccc2P)c2ccc(Cl)c(Cl)c2)CC1)S(C)(=O)=O. The van der Waals surface area contributed by atoms with E-state index in [1.54, 1.807) is 10.4 Å². The van der Waals surface area contributed by atoms with Crippen molar-refractivity contribution in [2.75, 3.05) is 32.4 Å². The van der Waals surface area contributed by atoms with Crippen LogP contribution in [-0.4, -0.2) is 68.5 Å². The van der Waals surface area contributed by atoms with Gasteiger partial charge in [0.2, 0.25) is 16.7 Å². The second-order valence-corrected chi connectivity index (χ2v) is 13.8. The Morgan fingerprint density at radius 1 is 1.16 bits per heavy atom. The molecule has 37 heavy (non-hydrogen) atoms. The monoisotopic (exact) mass is 582 g/mol. The number of halogens is 2. The van der Waals surface area contributed by atoms with Gasteiger partial charge in [-0.05, 0) is 80.7 Å². The van der Waals surface area contributed by atoms with Crippen LogP contribution in [0.25, 0.3) is 0 Å². The standard InChI is InChI=1S/C27H38BCl2N2O3PS/c1-5-32(37(4,34)35)22-12-15-31(16-13-22)17-14-27(2,21-10-11-23(29)24(30)18-21)26(33)28(3)19-20-8-6-7-9-25(20)36/h6-11,18,22H,5,12-17,19,36H2,1-4H3. The van der Waals surface area contributed by atoms with Gasteiger partial charge in [-0.15, -0.1) is 9.24 Å². The van der Waals surface area contributed by atoms with E-state index in [0.29, 0.717) is 29.3 Å². The number of carbonyl (C=O) groups is 1. The second-order valence-electron chi connectivity index (χ2n) is 10.4. The number of sulfonamides is 1. The van der Waals surface area contributed by atoms with E-state index in [-0.39, 0.29) is 18.4 Å². The Labute approximate surface area is 235 Å². The summed E-state index contributed by atoms with van der Waals surface area (Å²) in [4.78, 5) is 16.4. The van der Waals surface area contributed by atoms with Crippen LogP contribution >= 0.6 is 32.4 Å². The summed E-state index contributed by atoms with van der Waals surface area (Å²) in [5.41, 5.74) is 1.48. The van der Waals surface area contributed by atoms with Gasteiger partial charge < -0.3 is 9.69 Å². The quantitative estimate of drug-likeness (QED) is 0.279. The molecular formula is C27H38BCl2N2O3PS. The molecule has 1 saturated heterocycles. The molecule has 2 aromatic rings. The first kappa shape index (κ1) is 30.6. The molecule has 2 aromatic carbocycles. The summed E-state index contributed by atoms with van der Waals surface area (Å²) in [6.07, 6.45) is 4.18. The molecule has 10 heteroatoms. The minimum Gasteiger partial charge on any atom is -0.310 e. The van der Waals surface area contributed by atoms with E-state index in [2.05, 4.69) is 20.2 Å². The lowest BCUT2D eigenvalue weighted by molar-refractivity contribution is -0.117. The number of benzene rings is 2. The number of piperidine rings is 1. The van der Waals surface area contributed by atoms with Crippen molar-refractivity contribution in [1.82, 2.24) is 9.21 Å². The van der Waals surface area contributed by atoms with Crippen molar-refractivity contribution in [3.8, 4) is 0 Å². The van der Waals surface area contributed by atoms with Gasteiger partial charge in [-0.1, -0.05) is 67.3 Å². The molecule has 0 radical (unpaired) electrons. The average molecular weight is 583 g/mol. The molecule has 0 saturated carbocycles. The fraction of sp³-hybridized carbons (Fsp3) is 0.519. The minimum atomic E-state index is -3.22. The lowest BCUT2D eigenvalue weighted by Gasteiger charge is -2.39. The van der Waals surface area contributed by atoms with Gasteiger partial charge in [0.05, 0.1) is 16.3 Å². The maximum Gasteiger partial charge on any atom is 0.225 e. The molecule has 2 unspecified atom stereocenters. The molecule has 3 rings (SSSR count). The smallest absolute Gasteiger partial charge is 0.225 e. The van der Waals surface area contributed by atoms with E-state index in [4.69, 9.17) is 23.2 Å². The van der Waals surface area contributed by atoms with Crippen molar-refractivity contribution in [2.24, 2.45) is 0 Å². The molecule has 0 aromatic heterocycles. The van der Waals surface area contributed by atoms with Crippen LogP contribution in [0, 0.1) is 0 Å². The largest absolute Gasteiger partial charge is 0.310 e. The molecule has 0 aliphatic carbocycles. The molecule has 1 aliphatic rings. The van der Waals surface area contributed by atoms with Gasteiger partial charge in [0, 0.05) is 18.0 Å². The fourth-order valence-electron chi connectivity index (χ4n) is 5.51. The third-order valence-corrected chi connectivity index (χ3v) is 10.5. The number of hydrogen-bond acceptors (Lipinski definition) is 4. The van der Waals surface area contributed by atoms with Crippen molar-refractivity contribution in [2.45, 2.75) is 57.7 Å². The summed E-state index contributed by atoms with van der Waals surface area (Å²) in [5.74, 6) is 0. The highest BCUT2D eigenvalue weighted by Crippen LogP contribution is 2.35. The van der Waals surface area contributed by atoms with Crippen LogP contribution in [0.15, 0.2) is 42.5 Å². The first-order valence-corrected chi connectivity index (χ1v) is 16.1. The molecule has 202 valence electrons. The fourth-order valence-corrected chi connectivity index (χ4v) is 7.36.